The number of nitrogens with zero attached hydrogens (tertiary/aromatic N) is 1. The van der Waals surface area contributed by atoms with Crippen LogP contribution in [0.4, 0.5) is 0 Å². The van der Waals surface area contributed by atoms with Crippen LogP contribution >= 0.6 is 15.9 Å². The molecule has 0 saturated carbocycles. The molecule has 0 bridgehead atoms. The predicted octanol–water partition coefficient (Wildman–Crippen LogP) is 5.58. The Bertz CT molecular complexity index is 1450. The lowest BCUT2D eigenvalue weighted by Crippen LogP contribution is -2.32. The lowest BCUT2D eigenvalue weighted by molar-refractivity contribution is -0.121. The maximum Gasteiger partial charge on any atom is 0.242 e. The molecule has 4 aromatic rings. The van der Waals surface area contributed by atoms with Gasteiger partial charge in [-0.2, -0.15) is 5.10 Å². The van der Waals surface area contributed by atoms with Crippen molar-refractivity contribution in [2.45, 2.75) is 24.3 Å². The quantitative estimate of drug-likeness (QED) is 0.204. The molecule has 0 aliphatic carbocycles. The summed E-state index contributed by atoms with van der Waals surface area (Å²) in [5, 5.41) is 3.97. The first-order valence-corrected chi connectivity index (χ1v) is 13.4. The second-order valence-corrected chi connectivity index (χ2v) is 10.7. The molecule has 0 unspecified atom stereocenters. The molecule has 7 nitrogen and oxygen atoms in total. The van der Waals surface area contributed by atoms with E-state index in [2.05, 4.69) is 31.2 Å². The summed E-state index contributed by atoms with van der Waals surface area (Å²) in [6.07, 6.45) is 1.25. The van der Waals surface area contributed by atoms with Crippen LogP contribution in [-0.4, -0.2) is 20.5 Å². The van der Waals surface area contributed by atoms with Crippen molar-refractivity contribution in [3.8, 4) is 11.3 Å². The third-order valence-corrected chi connectivity index (χ3v) is 7.37. The van der Waals surface area contributed by atoms with Crippen LogP contribution in [-0.2, 0) is 14.8 Å². The molecule has 0 radical (unpaired) electrons. The van der Waals surface area contributed by atoms with Gasteiger partial charge < -0.3 is 4.42 Å². The highest BCUT2D eigenvalue weighted by Crippen LogP contribution is 2.24. The number of amides is 1. The van der Waals surface area contributed by atoms with Gasteiger partial charge in [-0.3, -0.25) is 4.79 Å². The molecule has 1 aromatic heterocycles. The minimum Gasteiger partial charge on any atom is -0.455 e. The van der Waals surface area contributed by atoms with Crippen LogP contribution in [0.15, 0.2) is 110 Å². The summed E-state index contributed by atoms with van der Waals surface area (Å²) in [7, 11) is -3.85. The monoisotopic (exact) mass is 565 g/mol. The summed E-state index contributed by atoms with van der Waals surface area (Å²) >= 11 is 3.40. The lowest BCUT2D eigenvalue weighted by atomic mass is 10.0. The SMILES string of the molecule is Cc1ccc(S(=O)(=O)N[C@H](CC(=O)N/N=C\c2ccc(-c3ccc(Br)cc3)o2)c2ccccc2)cc1. The van der Waals surface area contributed by atoms with Crippen molar-refractivity contribution in [2.75, 3.05) is 0 Å². The molecule has 1 atom stereocenters. The summed E-state index contributed by atoms with van der Waals surface area (Å²) < 4.78 is 35.3. The maximum absolute atomic E-state index is 13.0. The number of rotatable bonds is 9. The van der Waals surface area contributed by atoms with Gasteiger partial charge in [-0.15, -0.1) is 0 Å². The van der Waals surface area contributed by atoms with Crippen molar-refractivity contribution in [3.05, 3.63) is 112 Å². The van der Waals surface area contributed by atoms with E-state index in [0.29, 0.717) is 17.1 Å². The Morgan fingerprint density at radius 1 is 0.972 bits per heavy atom. The first-order chi connectivity index (χ1) is 17.3. The van der Waals surface area contributed by atoms with Gasteiger partial charge >= 0.3 is 0 Å². The Balaban J connectivity index is 1.42. The average molecular weight is 566 g/mol. The number of hydrogen-bond donors (Lipinski definition) is 2. The average Bonchev–Trinajstić information content (AvgIpc) is 3.34. The molecule has 0 saturated heterocycles. The van der Waals surface area contributed by atoms with E-state index in [1.54, 1.807) is 42.5 Å². The normalized spacial score (nSPS) is 12.5. The van der Waals surface area contributed by atoms with Crippen LogP contribution in [0.3, 0.4) is 0 Å². The minimum absolute atomic E-state index is 0.131. The van der Waals surface area contributed by atoms with Crippen LogP contribution in [0.1, 0.15) is 29.3 Å². The standard InChI is InChI=1S/C27H24BrN3O4S/c1-19-7-14-24(15-8-19)36(33,34)31-25(20-5-3-2-4-6-20)17-27(32)30-29-18-23-13-16-26(35-23)21-9-11-22(28)12-10-21/h2-16,18,25,31H,17H2,1H3,(H,30,32)/b29-18-/t25-/m1/s1. The highest BCUT2D eigenvalue weighted by molar-refractivity contribution is 9.10. The first kappa shape index (κ1) is 25.6. The van der Waals surface area contributed by atoms with Crippen LogP contribution in [0.25, 0.3) is 11.3 Å². The molecule has 3 aromatic carbocycles. The topological polar surface area (TPSA) is 101 Å². The van der Waals surface area contributed by atoms with Crippen molar-refractivity contribution < 1.29 is 17.6 Å². The van der Waals surface area contributed by atoms with Crippen molar-refractivity contribution in [3.63, 3.8) is 0 Å². The molecule has 2 N–H and O–H groups in total. The Morgan fingerprint density at radius 3 is 2.36 bits per heavy atom. The van der Waals surface area contributed by atoms with Gasteiger partial charge in [-0.05, 0) is 48.9 Å². The number of aryl methyl sites for hydroxylation is 1. The van der Waals surface area contributed by atoms with Gasteiger partial charge in [0.2, 0.25) is 15.9 Å². The van der Waals surface area contributed by atoms with Gasteiger partial charge in [0.25, 0.3) is 0 Å². The third-order valence-electron chi connectivity index (χ3n) is 5.36. The van der Waals surface area contributed by atoms with E-state index in [-0.39, 0.29) is 11.3 Å². The number of hydrogen-bond acceptors (Lipinski definition) is 5. The molecule has 0 aliphatic rings. The molecule has 0 spiro atoms. The number of halogens is 1. The zero-order valence-electron chi connectivity index (χ0n) is 19.4. The van der Waals surface area contributed by atoms with E-state index in [1.165, 1.54) is 18.3 Å². The highest BCUT2D eigenvalue weighted by Gasteiger charge is 2.23. The number of sulfonamides is 1. The summed E-state index contributed by atoms with van der Waals surface area (Å²) in [6.45, 7) is 1.88. The molecule has 9 heteroatoms. The smallest absolute Gasteiger partial charge is 0.242 e. The Labute approximate surface area is 218 Å². The molecule has 36 heavy (non-hydrogen) atoms. The fraction of sp³-hybridized carbons (Fsp3) is 0.111. The first-order valence-electron chi connectivity index (χ1n) is 11.1. The molecule has 184 valence electrons. The Hall–Kier alpha value is -3.53. The van der Waals surface area contributed by atoms with Gasteiger partial charge in [0.05, 0.1) is 17.2 Å². The van der Waals surface area contributed by atoms with E-state index >= 15 is 0 Å². The number of furan rings is 1. The minimum atomic E-state index is -3.85. The molecule has 0 fully saturated rings. The maximum atomic E-state index is 13.0. The molecule has 1 amide bonds. The largest absolute Gasteiger partial charge is 0.455 e. The van der Waals surface area contributed by atoms with Crippen molar-refractivity contribution in [1.82, 2.24) is 10.1 Å². The van der Waals surface area contributed by atoms with E-state index < -0.39 is 22.0 Å². The van der Waals surface area contributed by atoms with Gasteiger partial charge in [0.15, 0.2) is 0 Å². The van der Waals surface area contributed by atoms with E-state index in [1.807, 2.05) is 43.3 Å². The number of carbonyl (C=O) groups excluding carboxylic acids is 1. The predicted molar refractivity (Wildman–Crippen MR) is 143 cm³/mol. The molecule has 1 heterocycles. The number of hydrazone groups is 1. The van der Waals surface area contributed by atoms with Crippen LogP contribution < -0.4 is 10.1 Å². The summed E-state index contributed by atoms with van der Waals surface area (Å²) in [4.78, 5) is 12.8. The van der Waals surface area contributed by atoms with Crippen molar-refractivity contribution >= 4 is 38.1 Å². The van der Waals surface area contributed by atoms with Gasteiger partial charge in [-0.1, -0.05) is 76.1 Å². The van der Waals surface area contributed by atoms with E-state index in [9.17, 15) is 13.2 Å². The summed E-state index contributed by atoms with van der Waals surface area (Å²) in [6, 6.07) is 25.9. The van der Waals surface area contributed by atoms with Gasteiger partial charge in [0.1, 0.15) is 11.5 Å². The van der Waals surface area contributed by atoms with E-state index in [4.69, 9.17) is 4.42 Å². The van der Waals surface area contributed by atoms with E-state index in [0.717, 1.165) is 15.6 Å². The zero-order valence-corrected chi connectivity index (χ0v) is 21.8. The van der Waals surface area contributed by atoms with Crippen LogP contribution in [0.5, 0.6) is 0 Å². The van der Waals surface area contributed by atoms with Crippen molar-refractivity contribution in [2.24, 2.45) is 5.10 Å². The molecular weight excluding hydrogens is 542 g/mol. The van der Waals surface area contributed by atoms with Crippen molar-refractivity contribution in [1.29, 1.82) is 0 Å². The number of benzene rings is 3. The molecule has 0 aliphatic heterocycles. The van der Waals surface area contributed by atoms with Gasteiger partial charge in [0, 0.05) is 16.5 Å². The Kier molecular flexibility index (Phi) is 8.14. The van der Waals surface area contributed by atoms with Crippen LogP contribution in [0, 0.1) is 6.92 Å². The van der Waals surface area contributed by atoms with Crippen LogP contribution in [0.2, 0.25) is 0 Å². The summed E-state index contributed by atoms with van der Waals surface area (Å²) in [5.74, 6) is 0.684. The molecule has 4 rings (SSSR count). The highest BCUT2D eigenvalue weighted by atomic mass is 79.9. The second kappa shape index (κ2) is 11.5. The number of nitrogens with one attached hydrogen (secondary N) is 2. The summed E-state index contributed by atoms with van der Waals surface area (Å²) in [5.41, 5.74) is 4.98. The zero-order chi connectivity index (χ0) is 25.5. The van der Waals surface area contributed by atoms with Gasteiger partial charge in [-0.25, -0.2) is 18.6 Å². The Morgan fingerprint density at radius 2 is 1.67 bits per heavy atom. The number of carbonyl (C=O) groups is 1. The fourth-order valence-electron chi connectivity index (χ4n) is 3.48. The lowest BCUT2D eigenvalue weighted by Gasteiger charge is -2.18. The fourth-order valence-corrected chi connectivity index (χ4v) is 4.96. The second-order valence-electron chi connectivity index (χ2n) is 8.10. The molecular formula is C27H24BrN3O4S. The third kappa shape index (κ3) is 6.78.